The van der Waals surface area contributed by atoms with E-state index in [0.717, 1.165) is 18.3 Å². The molecule has 112 valence electrons. The van der Waals surface area contributed by atoms with Crippen LogP contribution in [0.25, 0.3) is 0 Å². The van der Waals surface area contributed by atoms with Gasteiger partial charge in [-0.3, -0.25) is 4.98 Å². The molecule has 0 saturated heterocycles. The number of hydrogen-bond acceptors (Lipinski definition) is 2. The molecule has 0 amide bonds. The molecule has 2 rings (SSSR count). The second kappa shape index (κ2) is 5.77. The molecule has 2 nitrogen and oxygen atoms in total. The van der Waals surface area contributed by atoms with Crippen LogP contribution in [0, 0.1) is 11.6 Å². The van der Waals surface area contributed by atoms with Crippen LogP contribution in [0.15, 0.2) is 36.7 Å². The Labute approximate surface area is 117 Å². The van der Waals surface area contributed by atoms with Gasteiger partial charge in [0.05, 0.1) is 17.8 Å². The van der Waals surface area contributed by atoms with Crippen LogP contribution in [-0.2, 0) is 6.18 Å². The van der Waals surface area contributed by atoms with Gasteiger partial charge in [-0.1, -0.05) is 0 Å². The molecule has 1 unspecified atom stereocenters. The van der Waals surface area contributed by atoms with Gasteiger partial charge in [-0.15, -0.1) is 0 Å². The maximum absolute atomic E-state index is 13.8. The zero-order chi connectivity index (χ0) is 15.6. The maximum Gasteiger partial charge on any atom is 0.416 e. The fourth-order valence-electron chi connectivity index (χ4n) is 2.13. The summed E-state index contributed by atoms with van der Waals surface area (Å²) < 4.78 is 66.2. The van der Waals surface area contributed by atoms with E-state index in [0.29, 0.717) is 6.07 Å². The Hall–Kier alpha value is -2.02. The Bertz CT molecular complexity index is 640. The lowest BCUT2D eigenvalue weighted by molar-refractivity contribution is -0.138. The minimum atomic E-state index is -4.67. The molecular weight excluding hydrogens is 291 g/mol. The highest BCUT2D eigenvalue weighted by Gasteiger charge is 2.36. The number of nitrogens with one attached hydrogen (secondary N) is 1. The van der Waals surface area contributed by atoms with E-state index in [4.69, 9.17) is 0 Å². The summed E-state index contributed by atoms with van der Waals surface area (Å²) in [6.07, 6.45) is -2.51. The van der Waals surface area contributed by atoms with Crippen LogP contribution < -0.4 is 5.32 Å². The Morgan fingerprint density at radius 3 is 2.38 bits per heavy atom. The van der Waals surface area contributed by atoms with E-state index in [9.17, 15) is 22.0 Å². The number of nitrogens with zero attached hydrogens (tertiary/aromatic N) is 1. The first kappa shape index (κ1) is 15.4. The number of hydrogen-bond donors (Lipinski definition) is 1. The summed E-state index contributed by atoms with van der Waals surface area (Å²) in [5.74, 6) is -1.60. The van der Waals surface area contributed by atoms with Crippen molar-refractivity contribution in [3.63, 3.8) is 0 Å². The van der Waals surface area contributed by atoms with Crippen LogP contribution in [0.3, 0.4) is 0 Å². The largest absolute Gasteiger partial charge is 0.416 e. The molecule has 2 aromatic rings. The van der Waals surface area contributed by atoms with E-state index < -0.39 is 29.4 Å². The number of alkyl halides is 3. The van der Waals surface area contributed by atoms with Crippen LogP contribution in [0.2, 0.25) is 0 Å². The van der Waals surface area contributed by atoms with E-state index >= 15 is 0 Å². The molecule has 1 heterocycles. The molecule has 1 atom stereocenters. The van der Waals surface area contributed by atoms with E-state index in [1.165, 1.54) is 19.3 Å². The zero-order valence-corrected chi connectivity index (χ0v) is 10.9. The van der Waals surface area contributed by atoms with Crippen molar-refractivity contribution in [2.75, 3.05) is 7.05 Å². The number of pyridine rings is 1. The summed E-state index contributed by atoms with van der Waals surface area (Å²) in [6.45, 7) is 0. The van der Waals surface area contributed by atoms with Crippen molar-refractivity contribution in [1.29, 1.82) is 0 Å². The molecule has 0 aliphatic heterocycles. The Balaban J connectivity index is 2.63. The molecule has 0 bridgehead atoms. The predicted octanol–water partition coefficient (Wildman–Crippen LogP) is 3.69. The van der Waals surface area contributed by atoms with Crippen LogP contribution >= 0.6 is 0 Å². The molecule has 0 aliphatic carbocycles. The van der Waals surface area contributed by atoms with Gasteiger partial charge in [0.25, 0.3) is 0 Å². The first-order valence-electron chi connectivity index (χ1n) is 5.98. The minimum Gasteiger partial charge on any atom is -0.309 e. The van der Waals surface area contributed by atoms with Crippen molar-refractivity contribution in [2.24, 2.45) is 0 Å². The first-order valence-corrected chi connectivity index (χ1v) is 5.98. The number of rotatable bonds is 3. The van der Waals surface area contributed by atoms with Gasteiger partial charge in [-0.05, 0) is 36.9 Å². The van der Waals surface area contributed by atoms with Gasteiger partial charge in [-0.25, -0.2) is 8.78 Å². The Morgan fingerprint density at radius 1 is 1.10 bits per heavy atom. The van der Waals surface area contributed by atoms with Gasteiger partial charge >= 0.3 is 6.18 Å². The van der Waals surface area contributed by atoms with E-state index in [1.807, 2.05) is 0 Å². The highest BCUT2D eigenvalue weighted by atomic mass is 19.4. The molecule has 1 N–H and O–H groups in total. The van der Waals surface area contributed by atoms with Gasteiger partial charge < -0.3 is 5.32 Å². The summed E-state index contributed by atoms with van der Waals surface area (Å²) >= 11 is 0. The molecule has 7 heteroatoms. The molecule has 0 saturated carbocycles. The highest BCUT2D eigenvalue weighted by molar-refractivity contribution is 5.39. The molecule has 21 heavy (non-hydrogen) atoms. The normalized spacial score (nSPS) is 13.2. The van der Waals surface area contributed by atoms with Gasteiger partial charge in [0.2, 0.25) is 0 Å². The smallest absolute Gasteiger partial charge is 0.309 e. The highest BCUT2D eigenvalue weighted by Crippen LogP contribution is 2.37. The van der Waals surface area contributed by atoms with Crippen molar-refractivity contribution >= 4 is 0 Å². The quantitative estimate of drug-likeness (QED) is 0.875. The second-order valence-electron chi connectivity index (χ2n) is 4.35. The lowest BCUT2D eigenvalue weighted by Gasteiger charge is -2.22. The average molecular weight is 302 g/mol. The number of halogens is 5. The van der Waals surface area contributed by atoms with E-state index in [2.05, 4.69) is 10.3 Å². The third-order valence-electron chi connectivity index (χ3n) is 3.03. The van der Waals surface area contributed by atoms with Crippen molar-refractivity contribution in [1.82, 2.24) is 10.3 Å². The summed E-state index contributed by atoms with van der Waals surface area (Å²) in [5, 5.41) is 2.58. The standard InChI is InChI=1S/C14H11F5N2/c1-20-13(9-4-5-21-7-12(9)16)10-6-8(15)2-3-11(10)14(17,18)19/h2-7,13,20H,1H3. The SMILES string of the molecule is CNC(c1ccncc1F)c1cc(F)ccc1C(F)(F)F. The van der Waals surface area contributed by atoms with Crippen LogP contribution in [0.5, 0.6) is 0 Å². The second-order valence-corrected chi connectivity index (χ2v) is 4.35. The molecule has 0 spiro atoms. The van der Waals surface area contributed by atoms with Crippen LogP contribution in [0.1, 0.15) is 22.7 Å². The monoisotopic (exact) mass is 302 g/mol. The predicted molar refractivity (Wildman–Crippen MR) is 66.5 cm³/mol. The molecule has 1 aromatic carbocycles. The molecule has 0 fully saturated rings. The molecule has 0 radical (unpaired) electrons. The van der Waals surface area contributed by atoms with Gasteiger partial charge in [0, 0.05) is 11.8 Å². The third kappa shape index (κ3) is 3.18. The topological polar surface area (TPSA) is 24.9 Å². The van der Waals surface area contributed by atoms with Crippen molar-refractivity contribution in [3.05, 3.63) is 65.0 Å². The fourth-order valence-corrected chi connectivity index (χ4v) is 2.13. The lowest BCUT2D eigenvalue weighted by Crippen LogP contribution is -2.23. The van der Waals surface area contributed by atoms with Crippen molar-refractivity contribution in [3.8, 4) is 0 Å². The minimum absolute atomic E-state index is 0.0383. The van der Waals surface area contributed by atoms with Gasteiger partial charge in [-0.2, -0.15) is 13.2 Å². The van der Waals surface area contributed by atoms with E-state index in [1.54, 1.807) is 0 Å². The Kier molecular flexibility index (Phi) is 4.22. The average Bonchev–Trinajstić information content (AvgIpc) is 2.40. The summed E-state index contributed by atoms with van der Waals surface area (Å²) in [5.41, 5.74) is -1.43. The molecule has 0 aliphatic rings. The molecular formula is C14H11F5N2. The molecule has 1 aromatic heterocycles. The zero-order valence-electron chi connectivity index (χ0n) is 10.9. The number of aromatic nitrogens is 1. The van der Waals surface area contributed by atoms with Crippen LogP contribution in [0.4, 0.5) is 22.0 Å². The summed E-state index contributed by atoms with van der Waals surface area (Å²) in [4.78, 5) is 3.54. The third-order valence-corrected chi connectivity index (χ3v) is 3.03. The Morgan fingerprint density at radius 2 is 1.81 bits per heavy atom. The van der Waals surface area contributed by atoms with Gasteiger partial charge in [0.15, 0.2) is 0 Å². The first-order chi connectivity index (χ1) is 9.84. The van der Waals surface area contributed by atoms with E-state index in [-0.39, 0.29) is 11.1 Å². The lowest BCUT2D eigenvalue weighted by atomic mass is 9.94. The fraction of sp³-hybridized carbons (Fsp3) is 0.214. The summed E-state index contributed by atoms with van der Waals surface area (Å²) in [7, 11) is 1.37. The van der Waals surface area contributed by atoms with Gasteiger partial charge in [0.1, 0.15) is 11.6 Å². The summed E-state index contributed by atoms with van der Waals surface area (Å²) in [6, 6.07) is 2.24. The number of benzene rings is 1. The van der Waals surface area contributed by atoms with Crippen molar-refractivity contribution < 1.29 is 22.0 Å². The van der Waals surface area contributed by atoms with Crippen molar-refractivity contribution in [2.45, 2.75) is 12.2 Å². The maximum atomic E-state index is 13.8. The van der Waals surface area contributed by atoms with Crippen LogP contribution in [-0.4, -0.2) is 12.0 Å².